The largest absolute Gasteiger partial charge is 0.456 e. The molecule has 0 bridgehead atoms. The molecule has 0 spiro atoms. The van der Waals surface area contributed by atoms with E-state index in [9.17, 15) is 0 Å². The van der Waals surface area contributed by atoms with Gasteiger partial charge < -0.3 is 14.2 Å². The molecule has 0 radical (unpaired) electrons. The molecule has 3 nitrogen and oxygen atoms in total. The lowest BCUT2D eigenvalue weighted by Gasteiger charge is -2.29. The smallest absolute Gasteiger partial charge is 0.137 e. The Morgan fingerprint density at radius 1 is 0.206 bits per heavy atom. The molecule has 3 heterocycles. The van der Waals surface area contributed by atoms with E-state index in [0.717, 1.165) is 83.9 Å². The maximum atomic E-state index is 7.03. The lowest BCUT2D eigenvalue weighted by molar-refractivity contribution is 0.669. The van der Waals surface area contributed by atoms with E-state index in [1.807, 2.05) is 22.7 Å². The lowest BCUT2D eigenvalue weighted by Crippen LogP contribution is -2.11. The summed E-state index contributed by atoms with van der Waals surface area (Å²) in [5.74, 6) is 0. The SMILES string of the molecule is c1ccc(-c2ccc(N(c3ccc(-c4cccc5ccccc45)cc3)c3cc(-c4ccc5oc6cc(N(c7ccc(-c8cccc9ccccc89)cc7)c7ccccc7-c7cccc8sc9ccccc9c78)ccc6c5c4)ccc3-c3cccc4sc5ccccc5c34)cc2)cc1. The topological polar surface area (TPSA) is 19.6 Å². The summed E-state index contributed by atoms with van der Waals surface area (Å²) in [5, 5.41) is 12.1. The quantitative estimate of drug-likeness (QED) is 0.122. The van der Waals surface area contributed by atoms with E-state index in [1.165, 1.54) is 101 Å². The van der Waals surface area contributed by atoms with Gasteiger partial charge in [0.2, 0.25) is 0 Å². The highest BCUT2D eigenvalue weighted by Gasteiger charge is 2.25. The van der Waals surface area contributed by atoms with E-state index in [1.54, 1.807) is 0 Å². The van der Waals surface area contributed by atoms with Gasteiger partial charge in [0.25, 0.3) is 0 Å². The van der Waals surface area contributed by atoms with Crippen molar-refractivity contribution in [3.63, 3.8) is 0 Å². The summed E-state index contributed by atoms with van der Waals surface area (Å²) < 4.78 is 12.1. The van der Waals surface area contributed by atoms with Gasteiger partial charge in [0, 0.05) is 91.1 Å². The first-order valence-electron chi connectivity index (χ1n) is 33.0. The highest BCUT2D eigenvalue weighted by atomic mass is 32.1. The molecular weight excluding hydrogens is 1210 g/mol. The first kappa shape index (κ1) is 56.4. The van der Waals surface area contributed by atoms with Crippen LogP contribution in [-0.4, -0.2) is 0 Å². The molecule has 19 rings (SSSR count). The normalized spacial score (nSPS) is 11.7. The molecule has 0 saturated heterocycles. The molecule has 5 heteroatoms. The second-order valence-electron chi connectivity index (χ2n) is 25.0. The molecule has 0 aliphatic carbocycles. The van der Waals surface area contributed by atoms with E-state index >= 15 is 0 Å². The predicted octanol–water partition coefficient (Wildman–Crippen LogP) is 27.6. The Bertz CT molecular complexity index is 6250. The van der Waals surface area contributed by atoms with Crippen molar-refractivity contribution in [3.05, 3.63) is 352 Å². The van der Waals surface area contributed by atoms with Crippen molar-refractivity contribution in [2.75, 3.05) is 9.80 Å². The van der Waals surface area contributed by atoms with Crippen LogP contribution in [0, 0.1) is 0 Å². The molecule has 0 amide bonds. The number of nitrogens with zero attached hydrogens (tertiary/aromatic N) is 2. The Morgan fingerprint density at radius 2 is 0.619 bits per heavy atom. The van der Waals surface area contributed by atoms with Crippen LogP contribution in [-0.2, 0) is 0 Å². The van der Waals surface area contributed by atoms with Gasteiger partial charge in [-0.3, -0.25) is 0 Å². The Kier molecular flexibility index (Phi) is 13.6. The molecule has 0 unspecified atom stereocenters. The van der Waals surface area contributed by atoms with E-state index in [2.05, 4.69) is 362 Å². The highest BCUT2D eigenvalue weighted by Crippen LogP contribution is 2.51. The third kappa shape index (κ3) is 9.77. The highest BCUT2D eigenvalue weighted by molar-refractivity contribution is 7.26. The zero-order chi connectivity index (χ0) is 63.9. The van der Waals surface area contributed by atoms with Crippen LogP contribution < -0.4 is 9.80 Å². The van der Waals surface area contributed by atoms with Crippen LogP contribution in [0.2, 0.25) is 0 Å². The number of hydrogen-bond acceptors (Lipinski definition) is 5. The van der Waals surface area contributed by atoms with Crippen molar-refractivity contribution in [3.8, 4) is 66.8 Å². The molecule has 454 valence electrons. The Morgan fingerprint density at radius 3 is 1.23 bits per heavy atom. The summed E-state index contributed by atoms with van der Waals surface area (Å²) in [5.41, 5.74) is 21.9. The summed E-state index contributed by atoms with van der Waals surface area (Å²) in [6, 6.07) is 129. The standard InChI is InChI=1S/C92H58N2OS2/c1-2-18-59(19-3-1)60-38-46-67(47-39-60)93(68-48-40-63(41-49-68)73-29-14-22-61-20-4-6-24-71(61)73)84-57-66(44-53-76(84)79-32-17-37-90-92(79)81-28-10-13-35-88(81)97-90)65-45-55-85-82(56-65)77-54-52-70(58-86(77)95-85)94(69-50-42-64(43-51-69)74-30-15-23-62-21-5-7-25-72(62)74)83-33-11-8-26-75(83)78-31-16-36-89-91(78)80-27-9-12-34-87(80)96-89/h1-58H. The summed E-state index contributed by atoms with van der Waals surface area (Å²) in [4.78, 5) is 4.87. The summed E-state index contributed by atoms with van der Waals surface area (Å²) in [6.45, 7) is 0. The van der Waals surface area contributed by atoms with Crippen molar-refractivity contribution < 1.29 is 4.42 Å². The third-order valence-electron chi connectivity index (χ3n) is 19.5. The van der Waals surface area contributed by atoms with Gasteiger partial charge in [-0.05, 0) is 174 Å². The van der Waals surface area contributed by atoms with Gasteiger partial charge in [-0.25, -0.2) is 0 Å². The lowest BCUT2D eigenvalue weighted by atomic mass is 9.93. The Hall–Kier alpha value is -12.1. The Labute approximate surface area is 569 Å². The summed E-state index contributed by atoms with van der Waals surface area (Å²) in [7, 11) is 0. The minimum atomic E-state index is 0.814. The fourth-order valence-corrected chi connectivity index (χ4v) is 17.2. The van der Waals surface area contributed by atoms with Gasteiger partial charge in [0.1, 0.15) is 11.2 Å². The summed E-state index contributed by atoms with van der Waals surface area (Å²) in [6.07, 6.45) is 0. The van der Waals surface area contributed by atoms with Crippen molar-refractivity contribution in [2.24, 2.45) is 0 Å². The van der Waals surface area contributed by atoms with E-state index in [0.29, 0.717) is 0 Å². The average Bonchev–Trinajstić information content (AvgIpc) is 1.72. The monoisotopic (exact) mass is 1270 g/mol. The van der Waals surface area contributed by atoms with Gasteiger partial charge in [-0.2, -0.15) is 0 Å². The number of rotatable bonds is 12. The van der Waals surface area contributed by atoms with Crippen LogP contribution in [0.15, 0.2) is 356 Å². The van der Waals surface area contributed by atoms with Gasteiger partial charge in [0.05, 0.1) is 11.4 Å². The fourth-order valence-electron chi connectivity index (χ4n) is 14.9. The maximum absolute atomic E-state index is 7.03. The third-order valence-corrected chi connectivity index (χ3v) is 21.8. The molecule has 0 aliphatic heterocycles. The van der Waals surface area contributed by atoms with Crippen LogP contribution in [0.3, 0.4) is 0 Å². The predicted molar refractivity (Wildman–Crippen MR) is 416 cm³/mol. The molecular formula is C92H58N2OS2. The van der Waals surface area contributed by atoms with Gasteiger partial charge >= 0.3 is 0 Å². The average molecular weight is 1270 g/mol. The number of furan rings is 1. The van der Waals surface area contributed by atoms with E-state index < -0.39 is 0 Å². The second kappa shape index (κ2) is 23.4. The molecule has 0 N–H and O–H groups in total. The number of fused-ring (bicyclic) bond motifs is 11. The van der Waals surface area contributed by atoms with Crippen molar-refractivity contribution >= 4 is 141 Å². The zero-order valence-corrected chi connectivity index (χ0v) is 54.2. The molecule has 19 aromatic rings. The first-order valence-corrected chi connectivity index (χ1v) is 34.7. The maximum Gasteiger partial charge on any atom is 0.137 e. The van der Waals surface area contributed by atoms with Crippen molar-refractivity contribution in [1.29, 1.82) is 0 Å². The van der Waals surface area contributed by atoms with Crippen molar-refractivity contribution in [2.45, 2.75) is 0 Å². The minimum absolute atomic E-state index is 0.814. The van der Waals surface area contributed by atoms with Crippen LogP contribution in [0.25, 0.3) is 151 Å². The number of para-hydroxylation sites is 1. The van der Waals surface area contributed by atoms with Gasteiger partial charge in [-0.1, -0.05) is 249 Å². The second-order valence-corrected chi connectivity index (χ2v) is 27.2. The number of anilines is 6. The molecule has 0 fully saturated rings. The molecule has 0 saturated carbocycles. The fraction of sp³-hybridized carbons (Fsp3) is 0. The molecule has 3 aromatic heterocycles. The first-order chi connectivity index (χ1) is 48.1. The summed E-state index contributed by atoms with van der Waals surface area (Å²) >= 11 is 3.71. The molecule has 0 aliphatic rings. The van der Waals surface area contributed by atoms with E-state index in [-0.39, 0.29) is 0 Å². The van der Waals surface area contributed by atoms with Gasteiger partial charge in [-0.15, -0.1) is 22.7 Å². The number of benzene rings is 16. The molecule has 97 heavy (non-hydrogen) atoms. The number of thiophene rings is 2. The Balaban J connectivity index is 0.770. The number of hydrogen-bond donors (Lipinski definition) is 0. The van der Waals surface area contributed by atoms with Crippen molar-refractivity contribution in [1.82, 2.24) is 0 Å². The van der Waals surface area contributed by atoms with Crippen LogP contribution in [0.1, 0.15) is 0 Å². The van der Waals surface area contributed by atoms with Crippen LogP contribution >= 0.6 is 22.7 Å². The minimum Gasteiger partial charge on any atom is -0.456 e. The van der Waals surface area contributed by atoms with Crippen LogP contribution in [0.5, 0.6) is 0 Å². The van der Waals surface area contributed by atoms with E-state index in [4.69, 9.17) is 4.42 Å². The molecule has 16 aromatic carbocycles. The van der Waals surface area contributed by atoms with Gasteiger partial charge in [0.15, 0.2) is 0 Å². The zero-order valence-electron chi connectivity index (χ0n) is 52.6. The molecule has 0 atom stereocenters. The van der Waals surface area contributed by atoms with Crippen LogP contribution in [0.4, 0.5) is 34.1 Å².